The number of amides is 2. The van der Waals surface area contributed by atoms with Gasteiger partial charge in [-0.2, -0.15) is 0 Å². The number of fused-ring (bicyclic) bond motifs is 1. The molecule has 0 aliphatic carbocycles. The second-order valence-corrected chi connectivity index (χ2v) is 7.97. The number of carbonyl (C=O) groups excluding carboxylic acids is 2. The van der Waals surface area contributed by atoms with Crippen molar-refractivity contribution in [1.82, 2.24) is 4.90 Å². The zero-order valence-corrected chi connectivity index (χ0v) is 16.6. The molecule has 2 aromatic carbocycles. The summed E-state index contributed by atoms with van der Waals surface area (Å²) < 4.78 is 5.32. The van der Waals surface area contributed by atoms with Gasteiger partial charge in [-0.15, -0.1) is 0 Å². The fourth-order valence-corrected chi connectivity index (χ4v) is 3.21. The lowest BCUT2D eigenvalue weighted by molar-refractivity contribution is -0.121. The molecule has 2 aromatic rings. The van der Waals surface area contributed by atoms with E-state index in [0.717, 1.165) is 16.0 Å². The first-order chi connectivity index (χ1) is 13.6. The predicted molar refractivity (Wildman–Crippen MR) is 108 cm³/mol. The predicted octanol–water partition coefficient (Wildman–Crippen LogP) is 3.69. The van der Waals surface area contributed by atoms with Crippen LogP contribution in [0.1, 0.15) is 42.3 Å². The van der Waals surface area contributed by atoms with Gasteiger partial charge < -0.3 is 15.2 Å². The van der Waals surface area contributed by atoms with E-state index in [4.69, 9.17) is 4.74 Å². The van der Waals surface area contributed by atoms with E-state index in [2.05, 4.69) is 5.32 Å². The van der Waals surface area contributed by atoms with E-state index in [-0.39, 0.29) is 6.54 Å². The lowest BCUT2D eigenvalue weighted by Crippen LogP contribution is -2.50. The Hall–Kier alpha value is -3.35. The van der Waals surface area contributed by atoms with Crippen molar-refractivity contribution in [3.63, 3.8) is 0 Å². The number of rotatable bonds is 3. The molecule has 0 aromatic heterocycles. The van der Waals surface area contributed by atoms with Crippen LogP contribution < -0.4 is 5.32 Å². The standard InChI is InChI=1S/C22H24N2O5/c1-22(2,3)29-20(26)14-8-10-17(11-9-14)23-19(25)18-12-15-6-4-5-7-16(15)13-24(18)21(27)28/h4-11,18H,12-13H2,1-3H3,(H,23,25)(H,27,28). The van der Waals surface area contributed by atoms with Crippen LogP contribution in [-0.2, 0) is 22.5 Å². The average molecular weight is 396 g/mol. The van der Waals surface area contributed by atoms with Crippen LogP contribution in [0.3, 0.4) is 0 Å². The Bertz CT molecular complexity index is 931. The Morgan fingerprint density at radius 3 is 2.24 bits per heavy atom. The molecule has 0 spiro atoms. The topological polar surface area (TPSA) is 95.9 Å². The molecule has 0 bridgehead atoms. The fraction of sp³-hybridized carbons (Fsp3) is 0.318. The summed E-state index contributed by atoms with van der Waals surface area (Å²) in [5.74, 6) is -0.858. The molecule has 2 N–H and O–H groups in total. The summed E-state index contributed by atoms with van der Waals surface area (Å²) in [4.78, 5) is 37.7. The summed E-state index contributed by atoms with van der Waals surface area (Å²) in [6, 6.07) is 13.0. The second-order valence-electron chi connectivity index (χ2n) is 7.97. The van der Waals surface area contributed by atoms with Crippen LogP contribution in [0.5, 0.6) is 0 Å². The van der Waals surface area contributed by atoms with Gasteiger partial charge in [0, 0.05) is 12.1 Å². The Morgan fingerprint density at radius 2 is 1.66 bits per heavy atom. The molecule has 7 heteroatoms. The number of nitrogens with one attached hydrogen (secondary N) is 1. The van der Waals surface area contributed by atoms with Gasteiger partial charge in [-0.05, 0) is 56.2 Å². The molecule has 152 valence electrons. The van der Waals surface area contributed by atoms with Crippen molar-refractivity contribution in [3.05, 3.63) is 65.2 Å². The van der Waals surface area contributed by atoms with Crippen molar-refractivity contribution < 1.29 is 24.2 Å². The highest BCUT2D eigenvalue weighted by Gasteiger charge is 2.34. The molecule has 1 atom stereocenters. The number of hydrogen-bond acceptors (Lipinski definition) is 4. The van der Waals surface area contributed by atoms with Crippen LogP contribution in [-0.4, -0.2) is 39.6 Å². The number of carbonyl (C=O) groups is 3. The summed E-state index contributed by atoms with van der Waals surface area (Å²) in [6.45, 7) is 5.53. The van der Waals surface area contributed by atoms with Crippen molar-refractivity contribution in [3.8, 4) is 0 Å². The normalized spacial score (nSPS) is 16.0. The third-order valence-corrected chi connectivity index (χ3v) is 4.58. The third kappa shape index (κ3) is 4.93. The van der Waals surface area contributed by atoms with Gasteiger partial charge in [-0.3, -0.25) is 9.69 Å². The lowest BCUT2D eigenvalue weighted by Gasteiger charge is -2.33. The Morgan fingerprint density at radius 1 is 1.03 bits per heavy atom. The smallest absolute Gasteiger partial charge is 0.408 e. The van der Waals surface area contributed by atoms with E-state index in [1.54, 1.807) is 45.0 Å². The first-order valence-corrected chi connectivity index (χ1v) is 9.35. The molecule has 0 fully saturated rings. The molecule has 2 amide bonds. The Kier molecular flexibility index (Phi) is 5.59. The first kappa shape index (κ1) is 20.4. The van der Waals surface area contributed by atoms with E-state index >= 15 is 0 Å². The van der Waals surface area contributed by atoms with Crippen molar-refractivity contribution in [2.24, 2.45) is 0 Å². The zero-order valence-electron chi connectivity index (χ0n) is 16.6. The first-order valence-electron chi connectivity index (χ1n) is 9.35. The van der Waals surface area contributed by atoms with E-state index < -0.39 is 29.6 Å². The van der Waals surface area contributed by atoms with Crippen LogP contribution in [0.4, 0.5) is 10.5 Å². The summed E-state index contributed by atoms with van der Waals surface area (Å²) in [6.07, 6.45) is -0.829. The fourth-order valence-electron chi connectivity index (χ4n) is 3.21. The highest BCUT2D eigenvalue weighted by Crippen LogP contribution is 2.24. The van der Waals surface area contributed by atoms with Crippen LogP contribution in [0.25, 0.3) is 0 Å². The molecule has 3 rings (SSSR count). The average Bonchev–Trinajstić information content (AvgIpc) is 2.66. The van der Waals surface area contributed by atoms with Gasteiger partial charge in [0.1, 0.15) is 11.6 Å². The number of hydrogen-bond donors (Lipinski definition) is 2. The van der Waals surface area contributed by atoms with Crippen molar-refractivity contribution in [2.45, 2.75) is 45.4 Å². The second kappa shape index (κ2) is 7.95. The summed E-state index contributed by atoms with van der Waals surface area (Å²) >= 11 is 0. The Labute approximate surface area is 169 Å². The molecule has 1 unspecified atom stereocenters. The SMILES string of the molecule is CC(C)(C)OC(=O)c1ccc(NC(=O)C2Cc3ccccc3CN2C(=O)O)cc1. The van der Waals surface area contributed by atoms with Gasteiger partial charge in [-0.25, -0.2) is 9.59 Å². The number of esters is 1. The van der Waals surface area contributed by atoms with Crippen molar-refractivity contribution >= 4 is 23.7 Å². The van der Waals surface area contributed by atoms with Gasteiger partial charge >= 0.3 is 12.1 Å². The molecule has 0 saturated heterocycles. The minimum atomic E-state index is -1.14. The molecule has 0 saturated carbocycles. The maximum Gasteiger partial charge on any atom is 0.408 e. The molecule has 7 nitrogen and oxygen atoms in total. The molecule has 1 heterocycles. The molecule has 29 heavy (non-hydrogen) atoms. The zero-order chi connectivity index (χ0) is 21.2. The Balaban J connectivity index is 1.72. The largest absolute Gasteiger partial charge is 0.465 e. The molecular formula is C22H24N2O5. The number of anilines is 1. The third-order valence-electron chi connectivity index (χ3n) is 4.58. The quantitative estimate of drug-likeness (QED) is 0.772. The summed E-state index contributed by atoms with van der Waals surface area (Å²) in [5, 5.41) is 12.3. The van der Waals surface area contributed by atoms with E-state index in [0.29, 0.717) is 17.7 Å². The van der Waals surface area contributed by atoms with Crippen LogP contribution >= 0.6 is 0 Å². The maximum absolute atomic E-state index is 12.8. The van der Waals surface area contributed by atoms with E-state index in [9.17, 15) is 19.5 Å². The summed E-state index contributed by atoms with van der Waals surface area (Å²) in [7, 11) is 0. The number of benzene rings is 2. The molecule has 1 aliphatic heterocycles. The van der Waals surface area contributed by atoms with Crippen molar-refractivity contribution in [2.75, 3.05) is 5.32 Å². The van der Waals surface area contributed by atoms with E-state index in [1.165, 1.54) is 0 Å². The van der Waals surface area contributed by atoms with Crippen LogP contribution in [0, 0.1) is 0 Å². The maximum atomic E-state index is 12.8. The van der Waals surface area contributed by atoms with Gasteiger partial charge in [0.05, 0.1) is 12.1 Å². The van der Waals surface area contributed by atoms with E-state index in [1.807, 2.05) is 24.3 Å². The summed E-state index contributed by atoms with van der Waals surface area (Å²) in [5.41, 5.74) is 2.12. The monoisotopic (exact) mass is 396 g/mol. The van der Waals surface area contributed by atoms with Gasteiger partial charge in [-0.1, -0.05) is 24.3 Å². The van der Waals surface area contributed by atoms with Crippen LogP contribution in [0.2, 0.25) is 0 Å². The lowest BCUT2D eigenvalue weighted by atomic mass is 9.94. The molecule has 1 aliphatic rings. The number of carboxylic acid groups (broad SMARTS) is 1. The van der Waals surface area contributed by atoms with Crippen LogP contribution in [0.15, 0.2) is 48.5 Å². The van der Waals surface area contributed by atoms with Gasteiger partial charge in [0.2, 0.25) is 5.91 Å². The highest BCUT2D eigenvalue weighted by molar-refractivity contribution is 5.97. The van der Waals surface area contributed by atoms with Crippen molar-refractivity contribution in [1.29, 1.82) is 0 Å². The number of nitrogens with zero attached hydrogens (tertiary/aromatic N) is 1. The van der Waals surface area contributed by atoms with Gasteiger partial charge in [0.25, 0.3) is 0 Å². The molecular weight excluding hydrogens is 372 g/mol. The minimum absolute atomic E-state index is 0.168. The number of ether oxygens (including phenoxy) is 1. The van der Waals surface area contributed by atoms with Gasteiger partial charge in [0.15, 0.2) is 0 Å². The molecule has 0 radical (unpaired) electrons. The minimum Gasteiger partial charge on any atom is -0.465 e. The highest BCUT2D eigenvalue weighted by atomic mass is 16.6.